The second-order valence-electron chi connectivity index (χ2n) is 5.04. The molecule has 5 nitrogen and oxygen atoms in total. The lowest BCUT2D eigenvalue weighted by atomic mass is 9.83. The number of rotatable bonds is 6. The highest BCUT2D eigenvalue weighted by molar-refractivity contribution is 5.82. The zero-order valence-electron chi connectivity index (χ0n) is 11.0. The number of ether oxygens (including phenoxy) is 4. The molecule has 5 heteroatoms. The van der Waals surface area contributed by atoms with E-state index in [1.807, 2.05) is 0 Å². The van der Waals surface area contributed by atoms with Crippen molar-refractivity contribution in [3.63, 3.8) is 0 Å². The fraction of sp³-hybridized carbons (Fsp3) is 0.923. The summed E-state index contributed by atoms with van der Waals surface area (Å²) in [5.41, 5.74) is -0.203. The summed E-state index contributed by atoms with van der Waals surface area (Å²) in [5, 5.41) is 0. The molecule has 2 unspecified atom stereocenters. The van der Waals surface area contributed by atoms with Gasteiger partial charge in [0, 0.05) is 32.7 Å². The normalized spacial score (nSPS) is 31.9. The molecule has 2 heterocycles. The van der Waals surface area contributed by atoms with Crippen LogP contribution in [0.15, 0.2) is 0 Å². The van der Waals surface area contributed by atoms with Gasteiger partial charge < -0.3 is 18.9 Å². The van der Waals surface area contributed by atoms with Gasteiger partial charge in [-0.25, -0.2) is 0 Å². The summed E-state index contributed by atoms with van der Waals surface area (Å²) in [6.07, 6.45) is 2.48. The average Bonchev–Trinajstić information content (AvgIpc) is 2.82. The quantitative estimate of drug-likeness (QED) is 0.660. The first-order valence-electron chi connectivity index (χ1n) is 6.57. The molecule has 2 saturated heterocycles. The minimum atomic E-state index is -0.203. The molecule has 0 amide bonds. The van der Waals surface area contributed by atoms with E-state index in [1.54, 1.807) is 7.11 Å². The van der Waals surface area contributed by atoms with Crippen molar-refractivity contribution < 1.29 is 23.7 Å². The maximum Gasteiger partial charge on any atom is 0.161 e. The van der Waals surface area contributed by atoms with E-state index >= 15 is 0 Å². The molecule has 0 N–H and O–H groups in total. The first-order valence-corrected chi connectivity index (χ1v) is 6.57. The third-order valence-corrected chi connectivity index (χ3v) is 3.69. The van der Waals surface area contributed by atoms with Gasteiger partial charge in [-0.3, -0.25) is 4.79 Å². The Morgan fingerprint density at radius 2 is 2.28 bits per heavy atom. The van der Waals surface area contributed by atoms with Crippen LogP contribution in [0, 0.1) is 5.92 Å². The molecule has 1 spiro atoms. The summed E-state index contributed by atoms with van der Waals surface area (Å²) < 4.78 is 21.4. The maximum atomic E-state index is 12.0. The molecule has 2 aliphatic heterocycles. The van der Waals surface area contributed by atoms with Crippen LogP contribution in [0.4, 0.5) is 0 Å². The lowest BCUT2D eigenvalue weighted by molar-refractivity contribution is -0.141. The molecule has 0 aromatic carbocycles. The summed E-state index contributed by atoms with van der Waals surface area (Å²) >= 11 is 0. The third-order valence-electron chi connectivity index (χ3n) is 3.69. The van der Waals surface area contributed by atoms with Crippen LogP contribution in [0.5, 0.6) is 0 Å². The van der Waals surface area contributed by atoms with Gasteiger partial charge >= 0.3 is 0 Å². The van der Waals surface area contributed by atoms with E-state index in [4.69, 9.17) is 18.9 Å². The highest BCUT2D eigenvalue weighted by Crippen LogP contribution is 2.36. The predicted molar refractivity (Wildman–Crippen MR) is 64.5 cm³/mol. The fourth-order valence-corrected chi connectivity index (χ4v) is 2.60. The molecule has 0 bridgehead atoms. The van der Waals surface area contributed by atoms with Crippen molar-refractivity contribution in [2.24, 2.45) is 5.92 Å². The molecule has 2 aliphatic rings. The predicted octanol–water partition coefficient (Wildman–Crippen LogP) is 0.804. The summed E-state index contributed by atoms with van der Waals surface area (Å²) in [6.45, 7) is 3.20. The van der Waals surface area contributed by atoms with Crippen molar-refractivity contribution in [2.45, 2.75) is 24.9 Å². The maximum absolute atomic E-state index is 12.0. The number of ketones is 1. The van der Waals surface area contributed by atoms with Crippen LogP contribution in [0.1, 0.15) is 19.3 Å². The van der Waals surface area contributed by atoms with Crippen molar-refractivity contribution in [2.75, 3.05) is 46.8 Å². The molecule has 0 radical (unpaired) electrons. The van der Waals surface area contributed by atoms with E-state index in [2.05, 4.69) is 0 Å². The van der Waals surface area contributed by atoms with Crippen LogP contribution in [0.3, 0.4) is 0 Å². The fourth-order valence-electron chi connectivity index (χ4n) is 2.60. The average molecular weight is 258 g/mol. The summed E-state index contributed by atoms with van der Waals surface area (Å²) in [6, 6.07) is 0. The largest absolute Gasteiger partial charge is 0.382 e. The molecule has 0 aliphatic carbocycles. The van der Waals surface area contributed by atoms with E-state index in [-0.39, 0.29) is 23.9 Å². The van der Waals surface area contributed by atoms with E-state index in [0.29, 0.717) is 26.4 Å². The van der Waals surface area contributed by atoms with E-state index in [9.17, 15) is 4.79 Å². The van der Waals surface area contributed by atoms with Crippen molar-refractivity contribution in [3.05, 3.63) is 0 Å². The molecular weight excluding hydrogens is 236 g/mol. The summed E-state index contributed by atoms with van der Waals surface area (Å²) in [4.78, 5) is 12.0. The molecule has 0 saturated carbocycles. The summed E-state index contributed by atoms with van der Waals surface area (Å²) in [7, 11) is 1.62. The Labute approximate surface area is 108 Å². The minimum Gasteiger partial charge on any atom is -0.382 e. The first kappa shape index (κ1) is 13.9. The van der Waals surface area contributed by atoms with Gasteiger partial charge in [0.25, 0.3) is 0 Å². The van der Waals surface area contributed by atoms with Crippen LogP contribution in [0.2, 0.25) is 0 Å². The van der Waals surface area contributed by atoms with Crippen LogP contribution >= 0.6 is 0 Å². The van der Waals surface area contributed by atoms with Gasteiger partial charge in [-0.15, -0.1) is 0 Å². The van der Waals surface area contributed by atoms with Gasteiger partial charge in [-0.1, -0.05) is 0 Å². The number of carbonyl (C=O) groups is 1. The highest BCUT2D eigenvalue weighted by atomic mass is 16.6. The number of hydrogen-bond acceptors (Lipinski definition) is 5. The molecule has 2 atom stereocenters. The Balaban J connectivity index is 1.75. The van der Waals surface area contributed by atoms with Gasteiger partial charge in [-0.05, 0) is 12.8 Å². The van der Waals surface area contributed by atoms with Gasteiger partial charge in [-0.2, -0.15) is 0 Å². The molecule has 0 aromatic rings. The molecule has 2 fully saturated rings. The zero-order valence-corrected chi connectivity index (χ0v) is 11.0. The Bertz CT molecular complexity index is 273. The molecule has 18 heavy (non-hydrogen) atoms. The van der Waals surface area contributed by atoms with E-state index < -0.39 is 0 Å². The van der Waals surface area contributed by atoms with E-state index in [0.717, 1.165) is 25.9 Å². The lowest BCUT2D eigenvalue weighted by Gasteiger charge is -2.36. The zero-order chi connectivity index (χ0) is 12.8. The number of carbonyl (C=O) groups excluding carboxylic acids is 1. The molecular formula is C13H22O5. The van der Waals surface area contributed by atoms with Gasteiger partial charge in [0.05, 0.1) is 25.4 Å². The Morgan fingerprint density at radius 3 is 3.00 bits per heavy atom. The van der Waals surface area contributed by atoms with Gasteiger partial charge in [0.2, 0.25) is 0 Å². The second kappa shape index (κ2) is 6.61. The SMILES string of the molecule is COCCOCC(=O)C1CCOC2(CCOC2)C1. The van der Waals surface area contributed by atoms with Crippen molar-refractivity contribution in [3.8, 4) is 0 Å². The minimum absolute atomic E-state index is 0.0583. The lowest BCUT2D eigenvalue weighted by Crippen LogP contribution is -2.43. The number of Topliss-reactive ketones (excluding diaryl/α,β-unsaturated/α-hetero) is 1. The smallest absolute Gasteiger partial charge is 0.161 e. The van der Waals surface area contributed by atoms with E-state index in [1.165, 1.54) is 0 Å². The van der Waals surface area contributed by atoms with Crippen molar-refractivity contribution in [1.82, 2.24) is 0 Å². The monoisotopic (exact) mass is 258 g/mol. The molecule has 104 valence electrons. The van der Waals surface area contributed by atoms with Crippen LogP contribution in [0.25, 0.3) is 0 Å². The second-order valence-corrected chi connectivity index (χ2v) is 5.04. The standard InChI is InChI=1S/C13H22O5/c1-15-6-7-16-9-12(14)11-2-4-18-13(8-11)3-5-17-10-13/h11H,2-10H2,1H3. The Morgan fingerprint density at radius 1 is 1.39 bits per heavy atom. The van der Waals surface area contributed by atoms with Crippen molar-refractivity contribution >= 4 is 5.78 Å². The number of methoxy groups -OCH3 is 1. The highest BCUT2D eigenvalue weighted by Gasteiger charge is 2.42. The van der Waals surface area contributed by atoms with Crippen LogP contribution in [-0.2, 0) is 23.7 Å². The van der Waals surface area contributed by atoms with Gasteiger partial charge in [0.15, 0.2) is 5.78 Å². The summed E-state index contributed by atoms with van der Waals surface area (Å²) in [5.74, 6) is 0.240. The van der Waals surface area contributed by atoms with Crippen molar-refractivity contribution in [1.29, 1.82) is 0 Å². The molecule has 2 rings (SSSR count). The van der Waals surface area contributed by atoms with Gasteiger partial charge in [0.1, 0.15) is 6.61 Å². The van der Waals surface area contributed by atoms with Crippen LogP contribution in [-0.4, -0.2) is 58.1 Å². The molecule has 0 aromatic heterocycles. The Kier molecular flexibility index (Phi) is 5.12. The topological polar surface area (TPSA) is 54.0 Å². The number of hydrogen-bond donors (Lipinski definition) is 0. The Hall–Kier alpha value is -0.490. The first-order chi connectivity index (χ1) is 8.76. The van der Waals surface area contributed by atoms with Crippen LogP contribution < -0.4 is 0 Å². The third kappa shape index (κ3) is 3.51.